The minimum absolute atomic E-state index is 0.0181. The monoisotopic (exact) mass is 167 g/mol. The van der Waals surface area contributed by atoms with E-state index in [9.17, 15) is 4.79 Å². The molecule has 0 amide bonds. The van der Waals surface area contributed by atoms with E-state index in [4.69, 9.17) is 4.84 Å². The lowest BCUT2D eigenvalue weighted by molar-refractivity contribution is 0.0525. The molecule has 12 heavy (non-hydrogen) atoms. The van der Waals surface area contributed by atoms with Gasteiger partial charge in [-0.2, -0.15) is 4.73 Å². The Labute approximate surface area is 71.5 Å². The largest absolute Gasteiger partial charge is 0.408 e. The summed E-state index contributed by atoms with van der Waals surface area (Å²) in [6, 6.07) is 3.26. The first-order chi connectivity index (χ1) is 5.59. The summed E-state index contributed by atoms with van der Waals surface area (Å²) in [5.41, 5.74) is 0.879. The molecule has 0 atom stereocenters. The zero-order valence-electron chi connectivity index (χ0n) is 7.57. The Morgan fingerprint density at radius 1 is 1.42 bits per heavy atom. The van der Waals surface area contributed by atoms with E-state index >= 15 is 0 Å². The van der Waals surface area contributed by atoms with Crippen LogP contribution in [0.4, 0.5) is 0 Å². The van der Waals surface area contributed by atoms with Crippen LogP contribution in [0.25, 0.3) is 0 Å². The zero-order valence-corrected chi connectivity index (χ0v) is 7.57. The van der Waals surface area contributed by atoms with Crippen molar-refractivity contribution in [3.8, 4) is 0 Å². The maximum absolute atomic E-state index is 11.1. The first-order valence-corrected chi connectivity index (χ1v) is 3.96. The lowest BCUT2D eigenvalue weighted by atomic mass is 10.3. The quantitative estimate of drug-likeness (QED) is 0.657. The first-order valence-electron chi connectivity index (χ1n) is 3.96. The van der Waals surface area contributed by atoms with Crippen LogP contribution in [0.2, 0.25) is 0 Å². The Kier molecular flexibility index (Phi) is 2.53. The average molecular weight is 167 g/mol. The Morgan fingerprint density at radius 2 is 2.08 bits per heavy atom. The van der Waals surface area contributed by atoms with E-state index in [1.807, 2.05) is 20.8 Å². The third kappa shape index (κ3) is 2.12. The van der Waals surface area contributed by atoms with Crippen LogP contribution in [0.1, 0.15) is 19.4 Å². The van der Waals surface area contributed by atoms with Crippen LogP contribution in [0.15, 0.2) is 23.1 Å². The molecule has 0 radical (unpaired) electrons. The summed E-state index contributed by atoms with van der Waals surface area (Å²) in [5.74, 6) is 0. The molecule has 0 aliphatic rings. The van der Waals surface area contributed by atoms with Gasteiger partial charge in [0.1, 0.15) is 6.10 Å². The minimum Gasteiger partial charge on any atom is -0.408 e. The Hall–Kier alpha value is -1.25. The van der Waals surface area contributed by atoms with Crippen molar-refractivity contribution in [3.63, 3.8) is 0 Å². The Bertz CT molecular complexity index is 315. The van der Waals surface area contributed by atoms with Crippen molar-refractivity contribution in [2.24, 2.45) is 0 Å². The summed E-state index contributed by atoms with van der Waals surface area (Å²) >= 11 is 0. The summed E-state index contributed by atoms with van der Waals surface area (Å²) in [5, 5.41) is 0. The third-order valence-electron chi connectivity index (χ3n) is 1.35. The molecule has 66 valence electrons. The molecule has 0 aromatic carbocycles. The van der Waals surface area contributed by atoms with Crippen LogP contribution < -0.4 is 10.4 Å². The molecule has 1 aromatic rings. The molecular weight excluding hydrogens is 154 g/mol. The van der Waals surface area contributed by atoms with Gasteiger partial charge in [-0.25, -0.2) is 0 Å². The number of hydrogen-bond donors (Lipinski definition) is 0. The van der Waals surface area contributed by atoms with Crippen molar-refractivity contribution in [2.75, 3.05) is 0 Å². The predicted molar refractivity (Wildman–Crippen MR) is 47.2 cm³/mol. The fraction of sp³-hybridized carbons (Fsp3) is 0.444. The first kappa shape index (κ1) is 8.84. The average Bonchev–Trinajstić information content (AvgIpc) is 1.96. The molecule has 0 saturated heterocycles. The van der Waals surface area contributed by atoms with Gasteiger partial charge in [0, 0.05) is 6.07 Å². The molecule has 0 aliphatic carbocycles. The van der Waals surface area contributed by atoms with E-state index in [-0.39, 0.29) is 11.7 Å². The Morgan fingerprint density at radius 3 is 2.67 bits per heavy atom. The Balaban J connectivity index is 2.98. The number of pyridine rings is 1. The van der Waals surface area contributed by atoms with Gasteiger partial charge in [-0.15, -0.1) is 0 Å². The fourth-order valence-corrected chi connectivity index (χ4v) is 0.877. The van der Waals surface area contributed by atoms with E-state index in [0.29, 0.717) is 0 Å². The highest BCUT2D eigenvalue weighted by atomic mass is 16.7. The van der Waals surface area contributed by atoms with Gasteiger partial charge in [0.2, 0.25) is 0 Å². The van der Waals surface area contributed by atoms with E-state index < -0.39 is 0 Å². The molecule has 0 saturated carbocycles. The van der Waals surface area contributed by atoms with Gasteiger partial charge in [0.05, 0.1) is 6.20 Å². The normalized spacial score (nSPS) is 10.3. The molecule has 0 aliphatic heterocycles. The number of nitrogens with zero attached hydrogens (tertiary/aromatic N) is 1. The molecule has 1 heterocycles. The molecule has 1 rings (SSSR count). The van der Waals surface area contributed by atoms with Crippen LogP contribution in [0, 0.1) is 6.92 Å². The van der Waals surface area contributed by atoms with Crippen LogP contribution in [0.5, 0.6) is 0 Å². The molecular formula is C9H13NO2. The summed E-state index contributed by atoms with van der Waals surface area (Å²) in [4.78, 5) is 16.4. The van der Waals surface area contributed by atoms with Crippen molar-refractivity contribution in [1.29, 1.82) is 0 Å². The van der Waals surface area contributed by atoms with Crippen LogP contribution >= 0.6 is 0 Å². The van der Waals surface area contributed by atoms with E-state index in [1.54, 1.807) is 12.3 Å². The maximum Gasteiger partial charge on any atom is 0.282 e. The second-order valence-corrected chi connectivity index (χ2v) is 3.02. The van der Waals surface area contributed by atoms with Crippen molar-refractivity contribution < 1.29 is 4.84 Å². The van der Waals surface area contributed by atoms with Crippen LogP contribution in [-0.4, -0.2) is 10.8 Å². The number of hydrogen-bond acceptors (Lipinski definition) is 2. The molecule has 0 bridgehead atoms. The smallest absolute Gasteiger partial charge is 0.282 e. The highest BCUT2D eigenvalue weighted by Gasteiger charge is 1.98. The van der Waals surface area contributed by atoms with Crippen molar-refractivity contribution >= 4 is 0 Å². The van der Waals surface area contributed by atoms with Gasteiger partial charge in [-0.05, 0) is 26.3 Å². The molecule has 0 N–H and O–H groups in total. The molecule has 3 nitrogen and oxygen atoms in total. The van der Waals surface area contributed by atoms with E-state index in [2.05, 4.69) is 0 Å². The molecule has 0 spiro atoms. The van der Waals surface area contributed by atoms with Gasteiger partial charge in [-0.1, -0.05) is 6.07 Å². The number of aromatic nitrogens is 1. The summed E-state index contributed by atoms with van der Waals surface area (Å²) in [7, 11) is 0. The standard InChI is InChI=1S/C9H13NO2/c1-7(2)12-10-6-8(3)4-5-9(10)11/h4-7H,1-3H3. The lowest BCUT2D eigenvalue weighted by Gasteiger charge is -2.11. The summed E-state index contributed by atoms with van der Waals surface area (Å²) in [6.45, 7) is 5.68. The number of aryl methyl sites for hydroxylation is 1. The zero-order chi connectivity index (χ0) is 9.14. The summed E-state index contributed by atoms with van der Waals surface area (Å²) in [6.07, 6.45) is 1.70. The second kappa shape index (κ2) is 3.43. The van der Waals surface area contributed by atoms with Gasteiger partial charge in [0.15, 0.2) is 0 Å². The topological polar surface area (TPSA) is 31.2 Å². The molecule has 1 aromatic heterocycles. The lowest BCUT2D eigenvalue weighted by Crippen LogP contribution is -2.29. The van der Waals surface area contributed by atoms with Crippen molar-refractivity contribution in [1.82, 2.24) is 4.73 Å². The van der Waals surface area contributed by atoms with Gasteiger partial charge < -0.3 is 4.84 Å². The third-order valence-corrected chi connectivity index (χ3v) is 1.35. The highest BCUT2D eigenvalue weighted by Crippen LogP contribution is 1.91. The van der Waals surface area contributed by atoms with Gasteiger partial charge in [0.25, 0.3) is 5.56 Å². The van der Waals surface area contributed by atoms with Crippen molar-refractivity contribution in [2.45, 2.75) is 26.9 Å². The van der Waals surface area contributed by atoms with E-state index in [0.717, 1.165) is 5.56 Å². The SMILES string of the molecule is Cc1ccc(=O)n(OC(C)C)c1. The van der Waals surface area contributed by atoms with E-state index in [1.165, 1.54) is 10.8 Å². The molecule has 0 fully saturated rings. The maximum atomic E-state index is 11.1. The minimum atomic E-state index is -0.130. The van der Waals surface area contributed by atoms with Crippen LogP contribution in [0.3, 0.4) is 0 Å². The van der Waals surface area contributed by atoms with Gasteiger partial charge in [-0.3, -0.25) is 4.79 Å². The van der Waals surface area contributed by atoms with Crippen molar-refractivity contribution in [3.05, 3.63) is 34.2 Å². The van der Waals surface area contributed by atoms with Crippen LogP contribution in [-0.2, 0) is 0 Å². The molecule has 3 heteroatoms. The van der Waals surface area contributed by atoms with Gasteiger partial charge >= 0.3 is 0 Å². The fourth-order valence-electron chi connectivity index (χ4n) is 0.877. The summed E-state index contributed by atoms with van der Waals surface area (Å²) < 4.78 is 1.26. The second-order valence-electron chi connectivity index (χ2n) is 3.02. The predicted octanol–water partition coefficient (Wildman–Crippen LogP) is 0.994. The molecule has 0 unspecified atom stereocenters. The highest BCUT2D eigenvalue weighted by molar-refractivity contribution is 5.06. The number of rotatable bonds is 2.